The van der Waals surface area contributed by atoms with Gasteiger partial charge >= 0.3 is 0 Å². The Hall–Kier alpha value is -8.24. The van der Waals surface area contributed by atoms with Gasteiger partial charge in [-0.2, -0.15) is 36.8 Å². The zero-order chi connectivity index (χ0) is 54.8. The Labute approximate surface area is 516 Å². The van der Waals surface area contributed by atoms with Gasteiger partial charge in [0.15, 0.2) is 0 Å². The minimum absolute atomic E-state index is 0. The molecule has 0 fully saturated rings. The summed E-state index contributed by atoms with van der Waals surface area (Å²) in [5.74, 6) is 1.85. The minimum Gasteiger partial charge on any atom is -0.340 e. The van der Waals surface area contributed by atoms with Gasteiger partial charge in [-0.1, -0.05) is 146 Å². The first kappa shape index (κ1) is 57.0. The van der Waals surface area contributed by atoms with Crippen LogP contribution in [-0.4, -0.2) is 105 Å². The molecule has 2 aromatic heterocycles. The van der Waals surface area contributed by atoms with Crippen LogP contribution in [-0.2, 0) is 20.2 Å². The van der Waals surface area contributed by atoms with E-state index in [2.05, 4.69) is 31.9 Å². The maximum absolute atomic E-state index is 13.1. The van der Waals surface area contributed by atoms with Crippen LogP contribution in [0.2, 0.25) is 0 Å². The van der Waals surface area contributed by atoms with Gasteiger partial charge in [0.1, 0.15) is 33.1 Å². The maximum atomic E-state index is 13.1. The molecule has 10 aromatic carbocycles. The number of aromatic nitrogens is 4. The second kappa shape index (κ2) is 24.5. The van der Waals surface area contributed by atoms with Crippen LogP contribution in [0.3, 0.4) is 0 Å². The van der Waals surface area contributed by atoms with E-state index in [4.69, 9.17) is 19.9 Å². The molecule has 2 heterocycles. The average molecular weight is 1140 g/mol. The number of fused-ring (bicyclic) bond motifs is 4. The third-order valence-corrected chi connectivity index (χ3v) is 14.9. The monoisotopic (exact) mass is 1140 g/mol. The zero-order valence-corrected chi connectivity index (χ0v) is 49.7. The summed E-state index contributed by atoms with van der Waals surface area (Å²) in [5.41, 5.74) is 3.51. The third-order valence-electron chi connectivity index (χ3n) is 13.1. The first-order valence-corrected chi connectivity index (χ1v) is 27.9. The predicted molar refractivity (Wildman–Crippen MR) is 333 cm³/mol. The molecule has 0 aliphatic heterocycles. The van der Waals surface area contributed by atoms with Crippen molar-refractivity contribution in [2.45, 2.75) is 9.79 Å². The number of anilines is 12. The van der Waals surface area contributed by atoms with Crippen molar-refractivity contribution in [2.75, 3.05) is 31.9 Å². The summed E-state index contributed by atoms with van der Waals surface area (Å²) in [6, 6.07) is 67.3. The SMILES string of the molecule is O=S(=O)(O)c1cc(Nc2cc(Nc3ccc4ccccc4c3)nc(Nc3ccc4ccccc4c3)n2)ccc1C=Cc1ccc(Nc2cc(Nc3ccc4ccccc4c3)nc(Nc3ccc4ccccc4c3)n2)cc1S(=O)(=O)O.[Na].[Na]. The summed E-state index contributed by atoms with van der Waals surface area (Å²) in [6.07, 6.45) is 2.65. The van der Waals surface area contributed by atoms with Crippen LogP contribution >= 0.6 is 0 Å². The molecular weight excluding hydrogens is 1090 g/mol. The first-order chi connectivity index (χ1) is 38.8. The first-order valence-electron chi connectivity index (χ1n) is 25.0. The van der Waals surface area contributed by atoms with Crippen LogP contribution in [0.4, 0.5) is 69.3 Å². The molecule has 12 rings (SSSR count). The van der Waals surface area contributed by atoms with E-state index in [-0.39, 0.29) is 105 Å². The summed E-state index contributed by atoms with van der Waals surface area (Å²) in [6.45, 7) is 0. The molecule has 0 atom stereocenters. The fourth-order valence-electron chi connectivity index (χ4n) is 9.31. The second-order valence-electron chi connectivity index (χ2n) is 18.7. The number of hydrogen-bond acceptors (Lipinski definition) is 14. The smallest absolute Gasteiger partial charge is 0.295 e. The molecule has 0 spiro atoms. The third kappa shape index (κ3) is 13.6. The van der Waals surface area contributed by atoms with Gasteiger partial charge in [0, 0.05) is 105 Å². The second-order valence-corrected chi connectivity index (χ2v) is 21.5. The van der Waals surface area contributed by atoms with Crippen LogP contribution in [0.15, 0.2) is 228 Å². The van der Waals surface area contributed by atoms with Crippen molar-refractivity contribution in [2.24, 2.45) is 0 Å². The Kier molecular flexibility index (Phi) is 17.0. The molecule has 0 saturated carbocycles. The van der Waals surface area contributed by atoms with Crippen LogP contribution in [0.5, 0.6) is 0 Å². The van der Waals surface area contributed by atoms with Gasteiger partial charge in [-0.25, -0.2) is 0 Å². The largest absolute Gasteiger partial charge is 0.340 e. The molecule has 16 nitrogen and oxygen atoms in total. The van der Waals surface area contributed by atoms with Crippen LogP contribution in [0, 0.1) is 0 Å². The molecule has 0 amide bonds. The Morgan fingerprint density at radius 3 is 0.817 bits per heavy atom. The summed E-state index contributed by atoms with van der Waals surface area (Å²) < 4.78 is 73.4. The van der Waals surface area contributed by atoms with Crippen molar-refractivity contribution < 1.29 is 25.9 Å². The van der Waals surface area contributed by atoms with E-state index in [1.165, 1.54) is 36.4 Å². The van der Waals surface area contributed by atoms with Gasteiger partial charge < -0.3 is 31.9 Å². The Balaban J connectivity index is 0.00000376. The fourth-order valence-corrected chi connectivity index (χ4v) is 10.7. The molecule has 0 saturated heterocycles. The van der Waals surface area contributed by atoms with Crippen molar-refractivity contribution in [1.82, 2.24) is 19.9 Å². The number of nitrogens with zero attached hydrogens (tertiary/aromatic N) is 4. The van der Waals surface area contributed by atoms with Crippen molar-refractivity contribution in [3.63, 3.8) is 0 Å². The molecule has 0 aliphatic rings. The van der Waals surface area contributed by atoms with Gasteiger partial charge in [0.25, 0.3) is 20.2 Å². The predicted octanol–water partition coefficient (Wildman–Crippen LogP) is 14.2. The van der Waals surface area contributed by atoms with Gasteiger partial charge in [-0.15, -0.1) is 0 Å². The molecule has 20 heteroatoms. The van der Waals surface area contributed by atoms with Crippen molar-refractivity contribution >= 4 is 204 Å². The summed E-state index contributed by atoms with van der Waals surface area (Å²) >= 11 is 0. The van der Waals surface area contributed by atoms with Crippen LogP contribution in [0.25, 0.3) is 55.2 Å². The Morgan fingerprint density at radius 1 is 0.293 bits per heavy atom. The zero-order valence-electron chi connectivity index (χ0n) is 44.1. The number of rotatable bonds is 16. The van der Waals surface area contributed by atoms with E-state index < -0.39 is 30.0 Å². The van der Waals surface area contributed by atoms with E-state index >= 15 is 0 Å². The molecular formula is C62H46N10Na2O6S2. The quantitative estimate of drug-likeness (QED) is 0.0255. The van der Waals surface area contributed by atoms with Gasteiger partial charge in [0.05, 0.1) is 0 Å². The van der Waals surface area contributed by atoms with Gasteiger partial charge in [-0.05, 0) is 127 Å². The number of benzene rings is 10. The van der Waals surface area contributed by atoms with Crippen molar-refractivity contribution in [1.29, 1.82) is 0 Å². The van der Waals surface area contributed by atoms with E-state index in [0.29, 0.717) is 11.6 Å². The number of hydrogen-bond donors (Lipinski definition) is 8. The van der Waals surface area contributed by atoms with Gasteiger partial charge in [0.2, 0.25) is 11.9 Å². The van der Waals surface area contributed by atoms with Crippen LogP contribution < -0.4 is 31.9 Å². The summed E-state index contributed by atoms with van der Waals surface area (Å²) in [5, 5.41) is 28.0. The molecule has 0 unspecified atom stereocenters. The van der Waals surface area contributed by atoms with E-state index in [0.717, 1.165) is 65.8 Å². The fraction of sp³-hybridized carbons (Fsp3) is 0. The van der Waals surface area contributed by atoms with E-state index in [1.807, 2.05) is 170 Å². The van der Waals surface area contributed by atoms with Crippen LogP contribution in [0.1, 0.15) is 11.1 Å². The Morgan fingerprint density at radius 2 is 0.537 bits per heavy atom. The van der Waals surface area contributed by atoms with E-state index in [1.54, 1.807) is 24.3 Å². The molecule has 0 aliphatic carbocycles. The molecule has 82 heavy (non-hydrogen) atoms. The Bertz CT molecular complexity index is 4180. The molecule has 8 N–H and O–H groups in total. The molecule has 12 aromatic rings. The molecule has 394 valence electrons. The molecule has 0 bridgehead atoms. The van der Waals surface area contributed by atoms with Gasteiger partial charge in [-0.3, -0.25) is 9.11 Å². The van der Waals surface area contributed by atoms with Crippen molar-refractivity contribution in [3.05, 3.63) is 230 Å². The van der Waals surface area contributed by atoms with Crippen molar-refractivity contribution in [3.8, 4) is 0 Å². The topological polar surface area (TPSA) is 232 Å². The van der Waals surface area contributed by atoms with E-state index in [9.17, 15) is 25.9 Å². The number of nitrogens with one attached hydrogen (secondary N) is 6. The standard InChI is InChI=1S/C62H46N10O6S2.2Na/c73-79(74,75)55-35-53(65-59-37-57(63-49-25-19-39-9-1-5-13-45(39)31-49)69-61(71-59)67-51-27-21-41-11-3-7-15-47(41)33-51)29-23-43(55)17-18-44-24-30-54(36-56(44)80(76,77)78)66-60-38-58(64-50-26-20-40-10-2-6-14-46(40)32-50)70-62(72-60)68-52-28-22-42-12-4-8-16-48(42)34-52;;/h1-38H,(H,73,74,75)(H,76,77,78)(H3,63,65,67,69,71)(H3,64,66,68,70,72);;. The average Bonchev–Trinajstić information content (AvgIpc) is 3.46. The maximum Gasteiger partial charge on any atom is 0.295 e. The minimum atomic E-state index is -4.88. The normalized spacial score (nSPS) is 11.5. The summed E-state index contributed by atoms with van der Waals surface area (Å²) in [4.78, 5) is 18.0. The summed E-state index contributed by atoms with van der Waals surface area (Å²) in [7, 11) is -9.76. The molecule has 2 radical (unpaired) electrons.